The molecule has 1 aromatic carbocycles. The van der Waals surface area contributed by atoms with Gasteiger partial charge in [0, 0.05) is 12.8 Å². The highest BCUT2D eigenvalue weighted by atomic mass is 32.2. The SMILES string of the molecule is Cc1ccccc1CSc1nncn1C. The summed E-state index contributed by atoms with van der Waals surface area (Å²) in [6, 6.07) is 8.41. The van der Waals surface area contributed by atoms with Crippen molar-refractivity contribution in [1.82, 2.24) is 14.8 Å². The second kappa shape index (κ2) is 4.49. The molecule has 0 bridgehead atoms. The number of rotatable bonds is 3. The zero-order valence-corrected chi connectivity index (χ0v) is 9.66. The largest absolute Gasteiger partial charge is 0.312 e. The van der Waals surface area contributed by atoms with Crippen LogP contribution in [0.4, 0.5) is 0 Å². The maximum Gasteiger partial charge on any atom is 0.191 e. The number of thioether (sulfide) groups is 1. The summed E-state index contributed by atoms with van der Waals surface area (Å²) in [5.74, 6) is 0.944. The first-order valence-corrected chi connectivity index (χ1v) is 5.77. The smallest absolute Gasteiger partial charge is 0.191 e. The molecule has 0 aliphatic heterocycles. The summed E-state index contributed by atoms with van der Waals surface area (Å²) in [6.07, 6.45) is 1.72. The van der Waals surface area contributed by atoms with Gasteiger partial charge in [-0.2, -0.15) is 0 Å². The number of aryl methyl sites for hydroxylation is 2. The molecule has 2 rings (SSSR count). The fraction of sp³-hybridized carbons (Fsp3) is 0.273. The predicted molar refractivity (Wildman–Crippen MR) is 61.7 cm³/mol. The van der Waals surface area contributed by atoms with Crippen molar-refractivity contribution in [3.8, 4) is 0 Å². The summed E-state index contributed by atoms with van der Waals surface area (Å²) in [6.45, 7) is 2.13. The first-order valence-electron chi connectivity index (χ1n) is 4.78. The zero-order chi connectivity index (χ0) is 10.7. The first kappa shape index (κ1) is 10.2. The lowest BCUT2D eigenvalue weighted by Gasteiger charge is -2.04. The van der Waals surface area contributed by atoms with Crippen LogP contribution in [0.2, 0.25) is 0 Å². The van der Waals surface area contributed by atoms with E-state index in [2.05, 4.69) is 41.4 Å². The van der Waals surface area contributed by atoms with Crippen LogP contribution in [0.1, 0.15) is 11.1 Å². The second-order valence-corrected chi connectivity index (χ2v) is 4.38. The third kappa shape index (κ3) is 2.39. The molecular formula is C11H13N3S. The molecule has 1 aromatic heterocycles. The van der Waals surface area contributed by atoms with E-state index >= 15 is 0 Å². The van der Waals surface area contributed by atoms with Crippen LogP contribution in [0.5, 0.6) is 0 Å². The fourth-order valence-electron chi connectivity index (χ4n) is 1.32. The van der Waals surface area contributed by atoms with E-state index in [1.807, 2.05) is 11.6 Å². The molecule has 0 spiro atoms. The van der Waals surface area contributed by atoms with Gasteiger partial charge in [-0.3, -0.25) is 0 Å². The van der Waals surface area contributed by atoms with Crippen molar-refractivity contribution in [2.75, 3.05) is 0 Å². The minimum absolute atomic E-state index is 0.944. The van der Waals surface area contributed by atoms with Crippen molar-refractivity contribution in [3.63, 3.8) is 0 Å². The fourth-order valence-corrected chi connectivity index (χ4v) is 2.28. The Morgan fingerprint density at radius 3 is 2.80 bits per heavy atom. The average Bonchev–Trinajstić information content (AvgIpc) is 2.63. The van der Waals surface area contributed by atoms with Crippen LogP contribution in [0.15, 0.2) is 35.7 Å². The van der Waals surface area contributed by atoms with E-state index in [9.17, 15) is 0 Å². The van der Waals surface area contributed by atoms with Gasteiger partial charge in [-0.1, -0.05) is 36.0 Å². The Kier molecular flexibility index (Phi) is 3.06. The molecule has 2 aromatic rings. The van der Waals surface area contributed by atoms with E-state index in [0.29, 0.717) is 0 Å². The highest BCUT2D eigenvalue weighted by Crippen LogP contribution is 2.21. The van der Waals surface area contributed by atoms with Crippen LogP contribution >= 0.6 is 11.8 Å². The molecule has 1 heterocycles. The molecule has 0 aliphatic carbocycles. The minimum atomic E-state index is 0.944. The molecule has 0 fully saturated rings. The normalized spacial score (nSPS) is 10.5. The van der Waals surface area contributed by atoms with E-state index in [1.165, 1.54) is 11.1 Å². The van der Waals surface area contributed by atoms with E-state index < -0.39 is 0 Å². The lowest BCUT2D eigenvalue weighted by Crippen LogP contribution is -1.91. The Labute approximate surface area is 93.5 Å². The molecular weight excluding hydrogens is 206 g/mol. The summed E-state index contributed by atoms with van der Waals surface area (Å²) in [5.41, 5.74) is 2.68. The van der Waals surface area contributed by atoms with Crippen LogP contribution in [0.25, 0.3) is 0 Å². The van der Waals surface area contributed by atoms with Crippen molar-refractivity contribution >= 4 is 11.8 Å². The predicted octanol–water partition coefficient (Wildman–Crippen LogP) is 2.42. The Bertz CT molecular complexity index is 451. The maximum absolute atomic E-state index is 4.04. The van der Waals surface area contributed by atoms with Crippen molar-refractivity contribution in [2.24, 2.45) is 7.05 Å². The molecule has 0 aliphatic rings. The van der Waals surface area contributed by atoms with E-state index in [0.717, 1.165) is 10.9 Å². The summed E-state index contributed by atoms with van der Waals surface area (Å²) in [4.78, 5) is 0. The molecule has 15 heavy (non-hydrogen) atoms. The van der Waals surface area contributed by atoms with Crippen LogP contribution in [0.3, 0.4) is 0 Å². The second-order valence-electron chi connectivity index (χ2n) is 3.44. The molecule has 3 nitrogen and oxygen atoms in total. The van der Waals surface area contributed by atoms with E-state index in [1.54, 1.807) is 18.1 Å². The Morgan fingerprint density at radius 2 is 2.13 bits per heavy atom. The van der Waals surface area contributed by atoms with Crippen molar-refractivity contribution in [3.05, 3.63) is 41.7 Å². The average molecular weight is 219 g/mol. The van der Waals surface area contributed by atoms with Gasteiger partial charge in [-0.25, -0.2) is 0 Å². The Balaban J connectivity index is 2.06. The third-order valence-corrected chi connectivity index (χ3v) is 3.37. The molecule has 0 radical (unpaired) electrons. The van der Waals surface area contributed by atoms with Crippen LogP contribution in [0, 0.1) is 6.92 Å². The number of nitrogens with zero attached hydrogens (tertiary/aromatic N) is 3. The van der Waals surface area contributed by atoms with Gasteiger partial charge >= 0.3 is 0 Å². The van der Waals surface area contributed by atoms with E-state index in [4.69, 9.17) is 0 Å². The van der Waals surface area contributed by atoms with Gasteiger partial charge in [0.1, 0.15) is 6.33 Å². The van der Waals surface area contributed by atoms with Crippen molar-refractivity contribution in [2.45, 2.75) is 17.8 Å². The van der Waals surface area contributed by atoms with Gasteiger partial charge in [0.2, 0.25) is 0 Å². The molecule has 78 valence electrons. The Morgan fingerprint density at radius 1 is 1.33 bits per heavy atom. The molecule has 0 saturated heterocycles. The molecule has 0 amide bonds. The zero-order valence-electron chi connectivity index (χ0n) is 8.84. The summed E-state index contributed by atoms with van der Waals surface area (Å²) < 4.78 is 1.93. The van der Waals surface area contributed by atoms with Gasteiger partial charge < -0.3 is 4.57 Å². The quantitative estimate of drug-likeness (QED) is 0.743. The number of hydrogen-bond acceptors (Lipinski definition) is 3. The van der Waals surface area contributed by atoms with Gasteiger partial charge in [-0.05, 0) is 18.1 Å². The van der Waals surface area contributed by atoms with Gasteiger partial charge in [0.25, 0.3) is 0 Å². The number of benzene rings is 1. The molecule has 4 heteroatoms. The van der Waals surface area contributed by atoms with E-state index in [-0.39, 0.29) is 0 Å². The van der Waals surface area contributed by atoms with Gasteiger partial charge in [-0.15, -0.1) is 10.2 Å². The molecule has 0 atom stereocenters. The van der Waals surface area contributed by atoms with Crippen LogP contribution < -0.4 is 0 Å². The molecule has 0 unspecified atom stereocenters. The third-order valence-electron chi connectivity index (χ3n) is 2.29. The number of aromatic nitrogens is 3. The summed E-state index contributed by atoms with van der Waals surface area (Å²) in [7, 11) is 1.96. The van der Waals surface area contributed by atoms with Gasteiger partial charge in [0.05, 0.1) is 0 Å². The lowest BCUT2D eigenvalue weighted by atomic mass is 10.1. The van der Waals surface area contributed by atoms with Crippen LogP contribution in [-0.4, -0.2) is 14.8 Å². The maximum atomic E-state index is 4.04. The van der Waals surface area contributed by atoms with Crippen molar-refractivity contribution in [1.29, 1.82) is 0 Å². The lowest BCUT2D eigenvalue weighted by molar-refractivity contribution is 0.788. The molecule has 0 N–H and O–H groups in total. The highest BCUT2D eigenvalue weighted by Gasteiger charge is 2.03. The Hall–Kier alpha value is -1.29. The first-order chi connectivity index (χ1) is 7.27. The summed E-state index contributed by atoms with van der Waals surface area (Å²) in [5, 5.41) is 8.84. The van der Waals surface area contributed by atoms with Gasteiger partial charge in [0.15, 0.2) is 5.16 Å². The topological polar surface area (TPSA) is 30.7 Å². The number of hydrogen-bond donors (Lipinski definition) is 0. The minimum Gasteiger partial charge on any atom is -0.312 e. The highest BCUT2D eigenvalue weighted by molar-refractivity contribution is 7.98. The standard InChI is InChI=1S/C11H13N3S/c1-9-5-3-4-6-10(9)7-15-11-13-12-8-14(11)2/h3-6,8H,7H2,1-2H3. The van der Waals surface area contributed by atoms with Crippen molar-refractivity contribution < 1.29 is 0 Å². The monoisotopic (exact) mass is 219 g/mol. The van der Waals surface area contributed by atoms with Crippen LogP contribution in [-0.2, 0) is 12.8 Å². The summed E-state index contributed by atoms with van der Waals surface area (Å²) >= 11 is 1.71. The molecule has 0 saturated carbocycles.